The Morgan fingerprint density at radius 1 is 1.23 bits per heavy atom. The molecule has 1 aliphatic heterocycles. The van der Waals surface area contributed by atoms with E-state index >= 15 is 0 Å². The van der Waals surface area contributed by atoms with E-state index in [9.17, 15) is 4.79 Å². The summed E-state index contributed by atoms with van der Waals surface area (Å²) < 4.78 is 1.86. The van der Waals surface area contributed by atoms with E-state index in [1.54, 1.807) is 12.1 Å². The second kappa shape index (κ2) is 9.58. The number of likely N-dealkylation sites (tertiary alicyclic amines) is 1. The smallest absolute Gasteiger partial charge is 0.251 e. The molecule has 0 spiro atoms. The van der Waals surface area contributed by atoms with Crippen LogP contribution in [0.5, 0.6) is 0 Å². The average molecular weight is 426 g/mol. The van der Waals surface area contributed by atoms with Crippen molar-refractivity contribution in [1.82, 2.24) is 24.8 Å². The van der Waals surface area contributed by atoms with E-state index in [4.69, 9.17) is 11.6 Å². The monoisotopic (exact) mass is 425 g/mol. The highest BCUT2D eigenvalue weighted by molar-refractivity contribution is 6.30. The van der Waals surface area contributed by atoms with E-state index in [1.807, 2.05) is 34.9 Å². The molecule has 158 valence electrons. The van der Waals surface area contributed by atoms with Gasteiger partial charge in [0.1, 0.15) is 0 Å². The van der Waals surface area contributed by atoms with Gasteiger partial charge >= 0.3 is 0 Å². The van der Waals surface area contributed by atoms with Crippen LogP contribution in [0.25, 0.3) is 17.0 Å². The number of nitrogens with zero attached hydrogens (tertiary/aromatic N) is 4. The van der Waals surface area contributed by atoms with Gasteiger partial charge in [0.25, 0.3) is 5.91 Å². The summed E-state index contributed by atoms with van der Waals surface area (Å²) >= 11 is 6.09. The Kier molecular flexibility index (Phi) is 6.65. The first-order chi connectivity index (χ1) is 14.7. The number of hydrogen-bond acceptors (Lipinski definition) is 4. The van der Waals surface area contributed by atoms with Crippen molar-refractivity contribution in [2.45, 2.75) is 45.1 Å². The molecule has 1 amide bonds. The second-order valence-corrected chi connectivity index (χ2v) is 8.32. The first-order valence-electron chi connectivity index (χ1n) is 10.8. The maximum absolute atomic E-state index is 12.6. The van der Waals surface area contributed by atoms with E-state index < -0.39 is 0 Å². The van der Waals surface area contributed by atoms with Crippen molar-refractivity contribution in [3.63, 3.8) is 0 Å². The third kappa shape index (κ3) is 4.65. The summed E-state index contributed by atoms with van der Waals surface area (Å²) in [5.41, 5.74) is 2.11. The number of hydrogen-bond donors (Lipinski definition) is 1. The topological polar surface area (TPSA) is 62.5 Å². The lowest BCUT2D eigenvalue weighted by Crippen LogP contribution is -2.40. The second-order valence-electron chi connectivity index (χ2n) is 7.88. The van der Waals surface area contributed by atoms with Crippen LogP contribution in [0.3, 0.4) is 0 Å². The van der Waals surface area contributed by atoms with Crippen molar-refractivity contribution in [3.05, 3.63) is 53.2 Å². The molecule has 30 heavy (non-hydrogen) atoms. The van der Waals surface area contributed by atoms with Crippen LogP contribution in [0.2, 0.25) is 5.02 Å². The van der Waals surface area contributed by atoms with Crippen molar-refractivity contribution in [3.8, 4) is 11.4 Å². The highest BCUT2D eigenvalue weighted by atomic mass is 35.5. The summed E-state index contributed by atoms with van der Waals surface area (Å²) in [4.78, 5) is 15.2. The molecular formula is C23H28ClN5O. The largest absolute Gasteiger partial charge is 0.352 e. The number of fused-ring (bicyclic) bond motifs is 1. The molecule has 1 N–H and O–H groups in total. The van der Waals surface area contributed by atoms with Crippen LogP contribution in [-0.4, -0.2) is 51.1 Å². The van der Waals surface area contributed by atoms with Gasteiger partial charge in [-0.05, 0) is 56.5 Å². The predicted molar refractivity (Wildman–Crippen MR) is 120 cm³/mol. The number of amides is 1. The van der Waals surface area contributed by atoms with Crippen LogP contribution in [0.1, 0.15) is 49.4 Å². The molecule has 0 bridgehead atoms. The summed E-state index contributed by atoms with van der Waals surface area (Å²) in [5, 5.41) is 12.2. The molecule has 1 aromatic carbocycles. The van der Waals surface area contributed by atoms with Crippen molar-refractivity contribution < 1.29 is 4.79 Å². The van der Waals surface area contributed by atoms with E-state index in [-0.39, 0.29) is 5.91 Å². The van der Waals surface area contributed by atoms with Gasteiger partial charge in [-0.1, -0.05) is 37.1 Å². The standard InChI is InChI=1S/C23H28ClN5O/c1-2-20-9-3-4-12-28(20)13-6-11-25-23(30)18-10-14-29-21(16-18)26-27-22(29)17-7-5-8-19(24)15-17/h5,7-8,10,14-16,20H,2-4,6,9,11-13H2,1H3,(H,25,30)/t20-/m1/s1. The summed E-state index contributed by atoms with van der Waals surface area (Å²) in [6.45, 7) is 5.18. The molecule has 1 aliphatic rings. The summed E-state index contributed by atoms with van der Waals surface area (Å²) in [5.74, 6) is 0.627. The lowest BCUT2D eigenvalue weighted by molar-refractivity contribution is 0.0947. The van der Waals surface area contributed by atoms with E-state index in [1.165, 1.54) is 32.2 Å². The van der Waals surface area contributed by atoms with E-state index in [2.05, 4.69) is 27.3 Å². The number of rotatable bonds is 7. The van der Waals surface area contributed by atoms with Crippen LogP contribution < -0.4 is 5.32 Å². The molecular weight excluding hydrogens is 398 g/mol. The summed E-state index contributed by atoms with van der Waals surface area (Å²) in [6.07, 6.45) is 7.95. The van der Waals surface area contributed by atoms with Gasteiger partial charge in [0.05, 0.1) is 0 Å². The molecule has 2 aromatic heterocycles. The Bertz CT molecular complexity index is 1020. The third-order valence-electron chi connectivity index (χ3n) is 5.88. The zero-order chi connectivity index (χ0) is 20.9. The quantitative estimate of drug-likeness (QED) is 0.568. The van der Waals surface area contributed by atoms with Crippen LogP contribution in [0.4, 0.5) is 0 Å². The van der Waals surface area contributed by atoms with Crippen molar-refractivity contribution >= 4 is 23.2 Å². The van der Waals surface area contributed by atoms with Crippen LogP contribution in [0, 0.1) is 0 Å². The first kappa shape index (κ1) is 20.8. The minimum absolute atomic E-state index is 0.0736. The van der Waals surface area contributed by atoms with Gasteiger partial charge in [0.15, 0.2) is 11.5 Å². The number of carbonyl (C=O) groups is 1. The van der Waals surface area contributed by atoms with Crippen LogP contribution in [-0.2, 0) is 0 Å². The summed E-state index contributed by atoms with van der Waals surface area (Å²) in [6, 6.07) is 11.8. The molecule has 6 nitrogen and oxygen atoms in total. The SMILES string of the molecule is CC[C@@H]1CCCCN1CCCNC(=O)c1ccn2c(-c3cccc(Cl)c3)nnc2c1. The number of benzene rings is 1. The zero-order valence-electron chi connectivity index (χ0n) is 17.4. The molecule has 0 aliphatic carbocycles. The predicted octanol–water partition coefficient (Wildman–Crippen LogP) is 4.43. The third-order valence-corrected chi connectivity index (χ3v) is 6.12. The Balaban J connectivity index is 1.36. The van der Waals surface area contributed by atoms with Crippen molar-refractivity contribution in [1.29, 1.82) is 0 Å². The van der Waals surface area contributed by atoms with Crippen molar-refractivity contribution in [2.75, 3.05) is 19.6 Å². The normalized spacial score (nSPS) is 17.3. The lowest BCUT2D eigenvalue weighted by atomic mass is 10.00. The lowest BCUT2D eigenvalue weighted by Gasteiger charge is -2.35. The fourth-order valence-electron chi connectivity index (χ4n) is 4.26. The number of pyridine rings is 1. The molecule has 1 fully saturated rings. The number of carbonyl (C=O) groups excluding carboxylic acids is 1. The maximum atomic E-state index is 12.6. The molecule has 1 atom stereocenters. The zero-order valence-corrected chi connectivity index (χ0v) is 18.1. The highest BCUT2D eigenvalue weighted by Gasteiger charge is 2.20. The Labute approximate surface area is 182 Å². The number of aromatic nitrogens is 3. The van der Waals surface area contributed by atoms with Crippen molar-refractivity contribution in [2.24, 2.45) is 0 Å². The first-order valence-corrected chi connectivity index (χ1v) is 11.2. The molecule has 3 heterocycles. The van der Waals surface area contributed by atoms with Crippen LogP contribution >= 0.6 is 11.6 Å². The molecule has 0 unspecified atom stereocenters. The van der Waals surface area contributed by atoms with Gasteiger partial charge in [-0.3, -0.25) is 9.20 Å². The van der Waals surface area contributed by atoms with E-state index in [0.717, 1.165) is 18.5 Å². The Morgan fingerprint density at radius 3 is 2.97 bits per heavy atom. The van der Waals surface area contributed by atoms with Gasteiger partial charge in [-0.2, -0.15) is 0 Å². The van der Waals surface area contributed by atoms with Gasteiger partial charge in [-0.15, -0.1) is 10.2 Å². The van der Waals surface area contributed by atoms with Gasteiger partial charge in [0.2, 0.25) is 0 Å². The molecule has 3 aromatic rings. The molecule has 0 saturated carbocycles. The minimum Gasteiger partial charge on any atom is -0.352 e. The van der Waals surface area contributed by atoms with Crippen LogP contribution in [0.15, 0.2) is 42.6 Å². The van der Waals surface area contributed by atoms with Gasteiger partial charge in [0, 0.05) is 41.5 Å². The highest BCUT2D eigenvalue weighted by Crippen LogP contribution is 2.22. The Hall–Kier alpha value is -2.44. The summed E-state index contributed by atoms with van der Waals surface area (Å²) in [7, 11) is 0. The number of nitrogens with one attached hydrogen (secondary N) is 1. The fourth-order valence-corrected chi connectivity index (χ4v) is 4.45. The molecule has 4 rings (SSSR count). The molecule has 0 radical (unpaired) electrons. The number of halogens is 1. The minimum atomic E-state index is -0.0736. The average Bonchev–Trinajstić information content (AvgIpc) is 3.20. The molecule has 7 heteroatoms. The fraction of sp³-hybridized carbons (Fsp3) is 0.435. The number of piperidine rings is 1. The Morgan fingerprint density at radius 2 is 2.13 bits per heavy atom. The van der Waals surface area contributed by atoms with E-state index in [0.29, 0.717) is 34.6 Å². The molecule has 1 saturated heterocycles. The van der Waals surface area contributed by atoms with Gasteiger partial charge in [-0.25, -0.2) is 0 Å². The maximum Gasteiger partial charge on any atom is 0.251 e. The van der Waals surface area contributed by atoms with Gasteiger partial charge < -0.3 is 10.2 Å².